The van der Waals surface area contributed by atoms with Gasteiger partial charge in [-0.2, -0.15) is 4.31 Å². The third-order valence-electron chi connectivity index (χ3n) is 3.79. The lowest BCUT2D eigenvalue weighted by Crippen LogP contribution is -2.30. The highest BCUT2D eigenvalue weighted by Gasteiger charge is 2.23. The molecule has 2 aromatic carbocycles. The van der Waals surface area contributed by atoms with Gasteiger partial charge in [0.25, 0.3) is 5.91 Å². The Bertz CT molecular complexity index is 863. The fourth-order valence-corrected chi connectivity index (χ4v) is 3.92. The van der Waals surface area contributed by atoms with Crippen molar-refractivity contribution < 1.29 is 13.2 Å². The summed E-state index contributed by atoms with van der Waals surface area (Å²) in [4.78, 5) is 12.1. The molecule has 0 aromatic heterocycles. The molecule has 0 spiro atoms. The standard InChI is InChI=1S/C19H21ClN2O3S/c1-3-13-21-19(23)16-7-5-15(6-8-16)14-22(4-2)26(24,25)18-11-9-17(20)10-12-18/h3,5-12H,1,4,13-14H2,2H3,(H,21,23). The summed E-state index contributed by atoms with van der Waals surface area (Å²) in [6.45, 7) is 6.27. The first kappa shape index (κ1) is 20.2. The molecule has 0 aliphatic carbocycles. The number of benzene rings is 2. The third-order valence-corrected chi connectivity index (χ3v) is 5.97. The van der Waals surface area contributed by atoms with Gasteiger partial charge in [0.2, 0.25) is 10.0 Å². The maximum Gasteiger partial charge on any atom is 0.251 e. The van der Waals surface area contributed by atoms with Crippen LogP contribution in [0.3, 0.4) is 0 Å². The Labute approximate surface area is 159 Å². The number of carbonyl (C=O) groups is 1. The highest BCUT2D eigenvalue weighted by molar-refractivity contribution is 7.89. The van der Waals surface area contributed by atoms with E-state index >= 15 is 0 Å². The number of sulfonamides is 1. The molecular formula is C19H21ClN2O3S. The second-order valence-corrected chi connectivity index (χ2v) is 7.96. The molecule has 5 nitrogen and oxygen atoms in total. The second kappa shape index (κ2) is 8.98. The molecule has 0 aliphatic rings. The minimum Gasteiger partial charge on any atom is -0.349 e. The van der Waals surface area contributed by atoms with E-state index in [0.717, 1.165) is 5.56 Å². The van der Waals surface area contributed by atoms with Crippen molar-refractivity contribution in [2.24, 2.45) is 0 Å². The summed E-state index contributed by atoms with van der Waals surface area (Å²) >= 11 is 5.83. The molecule has 0 aliphatic heterocycles. The Kier molecular flexibility index (Phi) is 6.97. The molecule has 0 radical (unpaired) electrons. The molecule has 2 rings (SSSR count). The van der Waals surface area contributed by atoms with Gasteiger partial charge in [-0.05, 0) is 42.0 Å². The van der Waals surface area contributed by atoms with Crippen LogP contribution in [0.1, 0.15) is 22.8 Å². The molecular weight excluding hydrogens is 372 g/mol. The first-order chi connectivity index (χ1) is 12.4. The summed E-state index contributed by atoms with van der Waals surface area (Å²) in [5.41, 5.74) is 1.31. The van der Waals surface area contributed by atoms with Crippen LogP contribution in [-0.2, 0) is 16.6 Å². The summed E-state index contributed by atoms with van der Waals surface area (Å²) in [6, 6.07) is 13.0. The third kappa shape index (κ3) is 4.94. The first-order valence-electron chi connectivity index (χ1n) is 8.12. The zero-order valence-corrected chi connectivity index (χ0v) is 16.1. The minimum atomic E-state index is -3.62. The van der Waals surface area contributed by atoms with Gasteiger partial charge in [-0.3, -0.25) is 4.79 Å². The quantitative estimate of drug-likeness (QED) is 0.699. The van der Waals surface area contributed by atoms with Gasteiger partial charge in [0.15, 0.2) is 0 Å². The summed E-state index contributed by atoms with van der Waals surface area (Å²) < 4.78 is 26.9. The van der Waals surface area contributed by atoms with E-state index in [9.17, 15) is 13.2 Å². The molecule has 26 heavy (non-hydrogen) atoms. The van der Waals surface area contributed by atoms with E-state index in [1.54, 1.807) is 49.4 Å². The van der Waals surface area contributed by atoms with Crippen molar-refractivity contribution in [1.29, 1.82) is 0 Å². The molecule has 0 heterocycles. The Morgan fingerprint density at radius 2 is 1.77 bits per heavy atom. The largest absolute Gasteiger partial charge is 0.349 e. The molecule has 7 heteroatoms. The Morgan fingerprint density at radius 3 is 2.31 bits per heavy atom. The molecule has 2 aromatic rings. The number of halogens is 1. The van der Waals surface area contributed by atoms with Gasteiger partial charge in [0, 0.05) is 30.2 Å². The lowest BCUT2D eigenvalue weighted by Gasteiger charge is -2.20. The van der Waals surface area contributed by atoms with Crippen molar-refractivity contribution in [2.75, 3.05) is 13.1 Å². The fraction of sp³-hybridized carbons (Fsp3) is 0.211. The normalized spacial score (nSPS) is 11.3. The van der Waals surface area contributed by atoms with Gasteiger partial charge in [0.1, 0.15) is 0 Å². The number of hydrogen-bond acceptors (Lipinski definition) is 3. The summed E-state index contributed by atoms with van der Waals surface area (Å²) in [5, 5.41) is 3.18. The molecule has 1 amide bonds. The van der Waals surface area contributed by atoms with Gasteiger partial charge in [0.05, 0.1) is 4.90 Å². The van der Waals surface area contributed by atoms with Crippen molar-refractivity contribution in [3.05, 3.63) is 77.3 Å². The fourth-order valence-electron chi connectivity index (χ4n) is 2.35. The summed E-state index contributed by atoms with van der Waals surface area (Å²) in [6.07, 6.45) is 1.60. The van der Waals surface area contributed by atoms with Gasteiger partial charge >= 0.3 is 0 Å². The van der Waals surface area contributed by atoms with Crippen molar-refractivity contribution >= 4 is 27.5 Å². The van der Waals surface area contributed by atoms with Crippen LogP contribution in [0.4, 0.5) is 0 Å². The monoisotopic (exact) mass is 392 g/mol. The number of rotatable bonds is 8. The predicted molar refractivity (Wildman–Crippen MR) is 104 cm³/mol. The molecule has 0 fully saturated rings. The lowest BCUT2D eigenvalue weighted by molar-refractivity contribution is 0.0958. The van der Waals surface area contributed by atoms with Crippen LogP contribution in [-0.4, -0.2) is 31.7 Å². The second-order valence-electron chi connectivity index (χ2n) is 5.58. The van der Waals surface area contributed by atoms with Crippen LogP contribution in [0.25, 0.3) is 0 Å². The van der Waals surface area contributed by atoms with Crippen LogP contribution in [0.5, 0.6) is 0 Å². The van der Waals surface area contributed by atoms with E-state index in [-0.39, 0.29) is 17.3 Å². The number of carbonyl (C=O) groups excluding carboxylic acids is 1. The number of nitrogens with one attached hydrogen (secondary N) is 1. The van der Waals surface area contributed by atoms with Crippen LogP contribution < -0.4 is 5.32 Å². The van der Waals surface area contributed by atoms with Crippen molar-refractivity contribution in [3.63, 3.8) is 0 Å². The van der Waals surface area contributed by atoms with E-state index in [2.05, 4.69) is 11.9 Å². The van der Waals surface area contributed by atoms with Crippen molar-refractivity contribution in [1.82, 2.24) is 9.62 Å². The van der Waals surface area contributed by atoms with E-state index in [1.807, 2.05) is 0 Å². The molecule has 0 atom stereocenters. The number of amides is 1. The molecule has 0 saturated carbocycles. The lowest BCUT2D eigenvalue weighted by atomic mass is 10.1. The van der Waals surface area contributed by atoms with Crippen LogP contribution in [0.2, 0.25) is 5.02 Å². The zero-order chi connectivity index (χ0) is 19.2. The van der Waals surface area contributed by atoms with Crippen LogP contribution in [0.15, 0.2) is 66.1 Å². The van der Waals surface area contributed by atoms with Gasteiger partial charge in [-0.25, -0.2) is 8.42 Å². The van der Waals surface area contributed by atoms with E-state index in [1.165, 1.54) is 16.4 Å². The summed E-state index contributed by atoms with van der Waals surface area (Å²) in [5.74, 6) is -0.197. The number of nitrogens with zero attached hydrogens (tertiary/aromatic N) is 1. The van der Waals surface area contributed by atoms with Gasteiger partial charge < -0.3 is 5.32 Å². The van der Waals surface area contributed by atoms with Crippen LogP contribution >= 0.6 is 11.6 Å². The highest BCUT2D eigenvalue weighted by atomic mass is 35.5. The predicted octanol–water partition coefficient (Wildman–Crippen LogP) is 3.47. The molecule has 0 saturated heterocycles. The molecule has 0 unspecified atom stereocenters. The van der Waals surface area contributed by atoms with Crippen molar-refractivity contribution in [2.45, 2.75) is 18.4 Å². The molecule has 1 N–H and O–H groups in total. The maximum absolute atomic E-state index is 12.8. The smallest absolute Gasteiger partial charge is 0.251 e. The first-order valence-corrected chi connectivity index (χ1v) is 9.94. The number of hydrogen-bond donors (Lipinski definition) is 1. The van der Waals surface area contributed by atoms with Crippen molar-refractivity contribution in [3.8, 4) is 0 Å². The minimum absolute atomic E-state index is 0.197. The highest BCUT2D eigenvalue weighted by Crippen LogP contribution is 2.20. The van der Waals surface area contributed by atoms with E-state index < -0.39 is 10.0 Å². The molecule has 0 bridgehead atoms. The Balaban J connectivity index is 2.15. The van der Waals surface area contributed by atoms with E-state index in [0.29, 0.717) is 23.7 Å². The van der Waals surface area contributed by atoms with E-state index in [4.69, 9.17) is 11.6 Å². The summed E-state index contributed by atoms with van der Waals surface area (Å²) in [7, 11) is -3.62. The molecule has 138 valence electrons. The zero-order valence-electron chi connectivity index (χ0n) is 14.5. The topological polar surface area (TPSA) is 66.5 Å². The van der Waals surface area contributed by atoms with Crippen LogP contribution in [0, 0.1) is 0 Å². The SMILES string of the molecule is C=CCNC(=O)c1ccc(CN(CC)S(=O)(=O)c2ccc(Cl)cc2)cc1. The average molecular weight is 393 g/mol. The average Bonchev–Trinajstić information content (AvgIpc) is 2.64. The Morgan fingerprint density at radius 1 is 1.15 bits per heavy atom. The Hall–Kier alpha value is -2.15. The maximum atomic E-state index is 12.8. The van der Waals surface area contributed by atoms with Gasteiger partial charge in [-0.1, -0.05) is 36.7 Å². The van der Waals surface area contributed by atoms with Gasteiger partial charge in [-0.15, -0.1) is 6.58 Å².